The highest BCUT2D eigenvalue weighted by Gasteiger charge is 2.38. The number of cyclic esters (lactones) is 1. The number of amides is 2. The number of methoxy groups -OCH3 is 2. The minimum atomic E-state index is -0.894. The van der Waals surface area contributed by atoms with Gasteiger partial charge >= 0.3 is 6.09 Å². The van der Waals surface area contributed by atoms with Crippen LogP contribution in [0.4, 0.5) is 4.79 Å². The second-order valence-electron chi connectivity index (χ2n) is 7.71. The maximum atomic E-state index is 12.8. The molecular weight excluding hydrogens is 589 g/mol. The molecule has 0 N–H and O–H groups in total. The van der Waals surface area contributed by atoms with Crippen LogP contribution in [0.2, 0.25) is 0 Å². The summed E-state index contributed by atoms with van der Waals surface area (Å²) in [5.41, 5.74) is 1.99. The summed E-state index contributed by atoms with van der Waals surface area (Å²) in [5, 5.41) is 0. The SMILES string of the molecule is COC(CCCCC(=O)N1C(=O)OC[C@H]1Cc1ccccc1)(OC)c1cc(Br)cc(I)c1. The summed E-state index contributed by atoms with van der Waals surface area (Å²) in [6.07, 6.45) is 2.19. The predicted octanol–water partition coefficient (Wildman–Crippen LogP) is 5.65. The first kappa shape index (κ1) is 25.1. The van der Waals surface area contributed by atoms with Crippen LogP contribution in [0.5, 0.6) is 0 Å². The summed E-state index contributed by atoms with van der Waals surface area (Å²) in [5.74, 6) is -1.10. The quantitative estimate of drug-likeness (QED) is 0.196. The predicted molar refractivity (Wildman–Crippen MR) is 133 cm³/mol. The molecule has 1 saturated heterocycles. The Morgan fingerprint density at radius 1 is 1.19 bits per heavy atom. The molecule has 2 amide bonds. The van der Waals surface area contributed by atoms with Crippen LogP contribution in [0.1, 0.15) is 36.8 Å². The molecule has 6 nitrogen and oxygen atoms in total. The van der Waals surface area contributed by atoms with Crippen LogP contribution < -0.4 is 0 Å². The van der Waals surface area contributed by atoms with Gasteiger partial charge in [-0.2, -0.15) is 0 Å². The zero-order valence-corrected chi connectivity index (χ0v) is 21.9. The van der Waals surface area contributed by atoms with Crippen molar-refractivity contribution in [2.75, 3.05) is 20.8 Å². The zero-order valence-electron chi connectivity index (χ0n) is 18.2. The molecule has 1 fully saturated rings. The third kappa shape index (κ3) is 6.09. The fraction of sp³-hybridized carbons (Fsp3) is 0.417. The number of halogens is 2. The Balaban J connectivity index is 1.58. The van der Waals surface area contributed by atoms with Crippen LogP contribution in [-0.4, -0.2) is 43.8 Å². The number of carbonyl (C=O) groups is 2. The summed E-state index contributed by atoms with van der Waals surface area (Å²) in [4.78, 5) is 26.3. The van der Waals surface area contributed by atoms with Gasteiger partial charge < -0.3 is 14.2 Å². The minimum Gasteiger partial charge on any atom is -0.447 e. The lowest BCUT2D eigenvalue weighted by atomic mass is 9.98. The average Bonchev–Trinajstić information content (AvgIpc) is 3.14. The van der Waals surface area contributed by atoms with Gasteiger partial charge in [-0.05, 0) is 65.6 Å². The Kier molecular flexibility index (Phi) is 9.10. The third-order valence-corrected chi connectivity index (χ3v) is 6.73. The highest BCUT2D eigenvalue weighted by molar-refractivity contribution is 14.1. The van der Waals surface area contributed by atoms with Crippen molar-refractivity contribution in [2.24, 2.45) is 0 Å². The standard InChI is InChI=1S/C24H27BrINO5/c1-30-24(31-2,18-13-19(25)15-20(26)14-18)11-7-6-10-22(28)27-21(16-32-23(27)29)12-17-8-4-3-5-9-17/h3-5,8-9,13-15,21H,6-7,10-12,16H2,1-2H3/t21-/m1/s1. The van der Waals surface area contributed by atoms with Gasteiger partial charge in [0.15, 0.2) is 5.79 Å². The maximum Gasteiger partial charge on any atom is 0.416 e. The van der Waals surface area contributed by atoms with Gasteiger partial charge in [-0.25, -0.2) is 9.69 Å². The molecule has 1 atom stereocenters. The Bertz CT molecular complexity index is 915. The summed E-state index contributed by atoms with van der Waals surface area (Å²) in [7, 11) is 3.24. The van der Waals surface area contributed by atoms with E-state index in [9.17, 15) is 9.59 Å². The Morgan fingerprint density at radius 3 is 2.56 bits per heavy atom. The van der Waals surface area contributed by atoms with E-state index >= 15 is 0 Å². The number of ether oxygens (including phenoxy) is 3. The van der Waals surface area contributed by atoms with Gasteiger partial charge in [-0.1, -0.05) is 46.3 Å². The van der Waals surface area contributed by atoms with Crippen molar-refractivity contribution in [2.45, 2.75) is 43.9 Å². The van der Waals surface area contributed by atoms with E-state index in [4.69, 9.17) is 14.2 Å². The van der Waals surface area contributed by atoms with Crippen LogP contribution in [0.15, 0.2) is 53.0 Å². The van der Waals surface area contributed by atoms with Gasteiger partial charge in [0.2, 0.25) is 5.91 Å². The largest absolute Gasteiger partial charge is 0.447 e. The highest BCUT2D eigenvalue weighted by atomic mass is 127. The van der Waals surface area contributed by atoms with E-state index in [2.05, 4.69) is 38.5 Å². The first-order chi connectivity index (χ1) is 15.4. The smallest absolute Gasteiger partial charge is 0.416 e. The van der Waals surface area contributed by atoms with Crippen LogP contribution in [0.25, 0.3) is 0 Å². The van der Waals surface area contributed by atoms with Crippen molar-refractivity contribution in [1.29, 1.82) is 0 Å². The molecule has 0 bridgehead atoms. The molecule has 2 aromatic rings. The second kappa shape index (κ2) is 11.6. The van der Waals surface area contributed by atoms with Crippen molar-refractivity contribution in [1.82, 2.24) is 4.90 Å². The maximum absolute atomic E-state index is 12.8. The van der Waals surface area contributed by atoms with Gasteiger partial charge in [0.25, 0.3) is 0 Å². The van der Waals surface area contributed by atoms with Crippen molar-refractivity contribution in [3.8, 4) is 0 Å². The van der Waals surface area contributed by atoms with E-state index in [0.717, 1.165) is 19.2 Å². The van der Waals surface area contributed by atoms with Crippen LogP contribution >= 0.6 is 38.5 Å². The van der Waals surface area contributed by atoms with E-state index in [0.29, 0.717) is 25.7 Å². The molecule has 172 valence electrons. The van der Waals surface area contributed by atoms with Gasteiger partial charge in [-0.3, -0.25) is 4.79 Å². The Labute approximate surface area is 210 Å². The Morgan fingerprint density at radius 2 is 1.91 bits per heavy atom. The van der Waals surface area contributed by atoms with E-state index < -0.39 is 11.9 Å². The van der Waals surface area contributed by atoms with Crippen molar-refractivity contribution in [3.05, 3.63) is 67.7 Å². The van der Waals surface area contributed by atoms with Crippen molar-refractivity contribution < 1.29 is 23.8 Å². The zero-order chi connectivity index (χ0) is 23.1. The third-order valence-electron chi connectivity index (χ3n) is 5.65. The first-order valence-corrected chi connectivity index (χ1v) is 12.4. The number of rotatable bonds is 10. The van der Waals surface area contributed by atoms with Crippen molar-refractivity contribution >= 4 is 50.5 Å². The molecule has 0 aromatic heterocycles. The van der Waals surface area contributed by atoms with E-state index in [1.54, 1.807) is 14.2 Å². The molecule has 0 aliphatic carbocycles. The normalized spacial score (nSPS) is 16.3. The molecule has 3 rings (SSSR count). The number of nitrogens with zero attached hydrogens (tertiary/aromatic N) is 1. The van der Waals surface area contributed by atoms with Gasteiger partial charge in [0.05, 0.1) is 6.04 Å². The number of hydrogen-bond donors (Lipinski definition) is 0. The molecular formula is C24H27BrINO5. The highest BCUT2D eigenvalue weighted by Crippen LogP contribution is 2.34. The molecule has 1 heterocycles. The van der Waals surface area contributed by atoms with Gasteiger partial charge in [-0.15, -0.1) is 0 Å². The lowest BCUT2D eigenvalue weighted by Crippen LogP contribution is -2.40. The van der Waals surface area contributed by atoms with Gasteiger partial charge in [0, 0.05) is 40.7 Å². The van der Waals surface area contributed by atoms with Crippen molar-refractivity contribution in [3.63, 3.8) is 0 Å². The number of carbonyl (C=O) groups excluding carboxylic acids is 2. The molecule has 32 heavy (non-hydrogen) atoms. The average molecular weight is 616 g/mol. The molecule has 8 heteroatoms. The second-order valence-corrected chi connectivity index (χ2v) is 9.87. The minimum absolute atomic E-state index is 0.203. The molecule has 1 aliphatic heterocycles. The van der Waals surface area contributed by atoms with Crippen LogP contribution in [0, 0.1) is 3.57 Å². The summed E-state index contributed by atoms with van der Waals surface area (Å²) < 4.78 is 18.7. The van der Waals surface area contributed by atoms with E-state index in [1.807, 2.05) is 48.5 Å². The Hall–Kier alpha value is -1.49. The summed E-state index contributed by atoms with van der Waals surface area (Å²) in [6.45, 7) is 0.234. The number of benzene rings is 2. The fourth-order valence-electron chi connectivity index (χ4n) is 4.00. The fourth-order valence-corrected chi connectivity index (χ4v) is 5.59. The topological polar surface area (TPSA) is 65.1 Å². The molecule has 2 aromatic carbocycles. The van der Waals surface area contributed by atoms with Crippen LogP contribution in [0.3, 0.4) is 0 Å². The number of unbranched alkanes of at least 4 members (excludes halogenated alkanes) is 1. The lowest BCUT2D eigenvalue weighted by Gasteiger charge is -2.32. The number of imide groups is 1. The molecule has 0 unspecified atom stereocenters. The molecule has 0 saturated carbocycles. The molecule has 0 spiro atoms. The first-order valence-electron chi connectivity index (χ1n) is 10.5. The van der Waals surface area contributed by atoms with E-state index in [1.165, 1.54) is 4.90 Å². The monoisotopic (exact) mass is 615 g/mol. The summed E-state index contributed by atoms with van der Waals surface area (Å²) >= 11 is 5.78. The number of hydrogen-bond acceptors (Lipinski definition) is 5. The van der Waals surface area contributed by atoms with Crippen LogP contribution in [-0.2, 0) is 31.2 Å². The summed E-state index contributed by atoms with van der Waals surface area (Å²) in [6, 6.07) is 15.6. The van der Waals surface area contributed by atoms with E-state index in [-0.39, 0.29) is 25.0 Å². The lowest BCUT2D eigenvalue weighted by molar-refractivity contribution is -0.221. The molecule has 1 aliphatic rings. The molecule has 0 radical (unpaired) electrons. The van der Waals surface area contributed by atoms with Gasteiger partial charge in [0.1, 0.15) is 6.61 Å².